The summed E-state index contributed by atoms with van der Waals surface area (Å²) in [6.07, 6.45) is 0. The summed E-state index contributed by atoms with van der Waals surface area (Å²) >= 11 is 5.95. The minimum atomic E-state index is -0.142. The molecule has 0 bridgehead atoms. The molecule has 1 aromatic rings. The number of aromatic nitrogens is 1. The Morgan fingerprint density at radius 3 is 2.65 bits per heavy atom. The predicted molar refractivity (Wildman–Crippen MR) is 69.0 cm³/mol. The average Bonchev–Trinajstić information content (AvgIpc) is 2.21. The Bertz CT molecular complexity index is 364. The number of halogens is 1. The predicted octanol–water partition coefficient (Wildman–Crippen LogP) is 2.65. The molecule has 0 saturated heterocycles. The van der Waals surface area contributed by atoms with E-state index in [1.165, 1.54) is 0 Å². The Labute approximate surface area is 107 Å². The van der Waals surface area contributed by atoms with E-state index < -0.39 is 0 Å². The lowest BCUT2D eigenvalue weighted by atomic mass is 10.2. The maximum Gasteiger partial charge on any atom is 0.123 e. The highest BCUT2D eigenvalue weighted by atomic mass is 35.5. The smallest absolute Gasteiger partial charge is 0.123 e. The van der Waals surface area contributed by atoms with Crippen LogP contribution in [0.15, 0.2) is 12.1 Å². The van der Waals surface area contributed by atoms with Gasteiger partial charge in [0.2, 0.25) is 0 Å². The Kier molecular flexibility index (Phi) is 5.18. The molecule has 1 rings (SSSR count). The van der Waals surface area contributed by atoms with Crippen molar-refractivity contribution in [2.45, 2.75) is 33.0 Å². The molecule has 2 N–H and O–H groups in total. The quantitative estimate of drug-likeness (QED) is 0.825. The number of hydrogen-bond donors (Lipinski definition) is 1. The lowest BCUT2D eigenvalue weighted by molar-refractivity contribution is -0.0380. The molecule has 1 aromatic heterocycles. The largest absolute Gasteiger partial charge is 0.384 e. The Balaban J connectivity index is 2.29. The van der Waals surface area contributed by atoms with E-state index in [4.69, 9.17) is 26.8 Å². The number of nitrogens with two attached hydrogens (primary N) is 1. The molecular weight excluding hydrogens is 240 g/mol. The summed E-state index contributed by atoms with van der Waals surface area (Å²) in [7, 11) is 0. The third kappa shape index (κ3) is 5.86. The summed E-state index contributed by atoms with van der Waals surface area (Å²) in [5, 5.41) is 0.566. The fourth-order valence-corrected chi connectivity index (χ4v) is 1.34. The fourth-order valence-electron chi connectivity index (χ4n) is 1.18. The monoisotopic (exact) mass is 258 g/mol. The molecule has 0 saturated carbocycles. The van der Waals surface area contributed by atoms with E-state index in [-0.39, 0.29) is 5.60 Å². The van der Waals surface area contributed by atoms with Crippen LogP contribution in [0.2, 0.25) is 5.02 Å². The molecule has 0 amide bonds. The highest BCUT2D eigenvalue weighted by Crippen LogP contribution is 2.16. The molecule has 5 heteroatoms. The second-order valence-electron chi connectivity index (χ2n) is 4.68. The van der Waals surface area contributed by atoms with Crippen LogP contribution in [0.1, 0.15) is 26.5 Å². The van der Waals surface area contributed by atoms with Gasteiger partial charge >= 0.3 is 0 Å². The third-order valence-corrected chi connectivity index (χ3v) is 2.29. The number of nitrogen functional groups attached to an aromatic ring is 1. The van der Waals surface area contributed by atoms with Crippen molar-refractivity contribution in [3.05, 3.63) is 22.8 Å². The van der Waals surface area contributed by atoms with Crippen LogP contribution in [0.4, 0.5) is 5.82 Å². The Morgan fingerprint density at radius 1 is 1.29 bits per heavy atom. The summed E-state index contributed by atoms with van der Waals surface area (Å²) in [6.45, 7) is 7.40. The number of rotatable bonds is 5. The molecular formula is C12H19ClN2O2. The van der Waals surface area contributed by atoms with Gasteiger partial charge in [0.25, 0.3) is 0 Å². The van der Waals surface area contributed by atoms with Gasteiger partial charge in [-0.25, -0.2) is 4.98 Å². The Morgan fingerprint density at radius 2 is 2.00 bits per heavy atom. The van der Waals surface area contributed by atoms with Crippen LogP contribution in [0.25, 0.3) is 0 Å². The lowest BCUT2D eigenvalue weighted by Gasteiger charge is -2.19. The van der Waals surface area contributed by atoms with Crippen molar-refractivity contribution >= 4 is 17.4 Å². The van der Waals surface area contributed by atoms with Crippen molar-refractivity contribution in [3.8, 4) is 0 Å². The van der Waals surface area contributed by atoms with Crippen LogP contribution in [0.5, 0.6) is 0 Å². The second kappa shape index (κ2) is 6.19. The molecule has 0 radical (unpaired) electrons. The number of hydrogen-bond acceptors (Lipinski definition) is 4. The highest BCUT2D eigenvalue weighted by Gasteiger charge is 2.09. The van der Waals surface area contributed by atoms with Gasteiger partial charge < -0.3 is 15.2 Å². The summed E-state index contributed by atoms with van der Waals surface area (Å²) in [6, 6.07) is 3.38. The average molecular weight is 259 g/mol. The standard InChI is InChI=1S/C12H19ClN2O2/c1-12(2,3)17-7-6-16-8-10-9(13)4-5-11(14)15-10/h4-5H,6-8H2,1-3H3,(H2,14,15). The molecule has 0 aliphatic carbocycles. The first kappa shape index (κ1) is 14.2. The van der Waals surface area contributed by atoms with Gasteiger partial charge in [-0.05, 0) is 32.9 Å². The minimum Gasteiger partial charge on any atom is -0.384 e. The molecule has 0 spiro atoms. The lowest BCUT2D eigenvalue weighted by Crippen LogP contribution is -2.21. The van der Waals surface area contributed by atoms with Crippen molar-refractivity contribution in [1.82, 2.24) is 4.98 Å². The zero-order valence-corrected chi connectivity index (χ0v) is 11.3. The van der Waals surface area contributed by atoms with Gasteiger partial charge in [-0.1, -0.05) is 11.6 Å². The SMILES string of the molecule is CC(C)(C)OCCOCc1nc(N)ccc1Cl. The molecule has 0 aliphatic heterocycles. The highest BCUT2D eigenvalue weighted by molar-refractivity contribution is 6.31. The number of pyridine rings is 1. The van der Waals surface area contributed by atoms with Crippen LogP contribution in [0.3, 0.4) is 0 Å². The molecule has 0 atom stereocenters. The third-order valence-electron chi connectivity index (χ3n) is 1.94. The van der Waals surface area contributed by atoms with Crippen molar-refractivity contribution in [2.75, 3.05) is 18.9 Å². The molecule has 0 unspecified atom stereocenters. The normalized spacial score (nSPS) is 11.8. The first-order valence-corrected chi connectivity index (χ1v) is 5.89. The van der Waals surface area contributed by atoms with Gasteiger partial charge in [-0.2, -0.15) is 0 Å². The van der Waals surface area contributed by atoms with Crippen LogP contribution in [-0.2, 0) is 16.1 Å². The molecule has 96 valence electrons. The molecule has 0 aromatic carbocycles. The summed E-state index contributed by atoms with van der Waals surface area (Å²) < 4.78 is 10.9. The van der Waals surface area contributed by atoms with E-state index >= 15 is 0 Å². The molecule has 0 fully saturated rings. The summed E-state index contributed by atoms with van der Waals surface area (Å²) in [5.74, 6) is 0.443. The number of nitrogens with zero attached hydrogens (tertiary/aromatic N) is 1. The number of ether oxygens (including phenoxy) is 2. The van der Waals surface area contributed by atoms with E-state index in [0.29, 0.717) is 36.4 Å². The van der Waals surface area contributed by atoms with Crippen LogP contribution < -0.4 is 5.73 Å². The second-order valence-corrected chi connectivity index (χ2v) is 5.09. The molecule has 0 aliphatic rings. The van der Waals surface area contributed by atoms with E-state index in [1.807, 2.05) is 20.8 Å². The molecule has 17 heavy (non-hydrogen) atoms. The van der Waals surface area contributed by atoms with Gasteiger partial charge in [-0.15, -0.1) is 0 Å². The first-order valence-electron chi connectivity index (χ1n) is 5.51. The van der Waals surface area contributed by atoms with Gasteiger partial charge in [0.1, 0.15) is 5.82 Å². The van der Waals surface area contributed by atoms with E-state index in [1.54, 1.807) is 12.1 Å². The summed E-state index contributed by atoms with van der Waals surface area (Å²) in [5.41, 5.74) is 6.08. The van der Waals surface area contributed by atoms with Crippen LogP contribution >= 0.6 is 11.6 Å². The van der Waals surface area contributed by atoms with Crippen molar-refractivity contribution in [1.29, 1.82) is 0 Å². The van der Waals surface area contributed by atoms with Crippen molar-refractivity contribution in [2.24, 2.45) is 0 Å². The van der Waals surface area contributed by atoms with Crippen LogP contribution in [-0.4, -0.2) is 23.8 Å². The van der Waals surface area contributed by atoms with Crippen LogP contribution in [0, 0.1) is 0 Å². The molecule has 1 heterocycles. The number of anilines is 1. The topological polar surface area (TPSA) is 57.4 Å². The van der Waals surface area contributed by atoms with Crippen molar-refractivity contribution in [3.63, 3.8) is 0 Å². The van der Waals surface area contributed by atoms with E-state index in [0.717, 1.165) is 0 Å². The van der Waals surface area contributed by atoms with Gasteiger partial charge in [0.15, 0.2) is 0 Å². The van der Waals surface area contributed by atoms with Crippen molar-refractivity contribution < 1.29 is 9.47 Å². The maximum atomic E-state index is 5.95. The fraction of sp³-hybridized carbons (Fsp3) is 0.583. The van der Waals surface area contributed by atoms with Gasteiger partial charge in [0.05, 0.1) is 36.1 Å². The maximum absolute atomic E-state index is 5.95. The Hall–Kier alpha value is -0.840. The summed E-state index contributed by atoms with van der Waals surface area (Å²) in [4.78, 5) is 4.10. The molecule has 4 nitrogen and oxygen atoms in total. The van der Waals surface area contributed by atoms with E-state index in [9.17, 15) is 0 Å². The zero-order chi connectivity index (χ0) is 12.9. The first-order chi connectivity index (χ1) is 7.88. The minimum absolute atomic E-state index is 0.142. The zero-order valence-electron chi connectivity index (χ0n) is 10.5. The van der Waals surface area contributed by atoms with E-state index in [2.05, 4.69) is 4.98 Å². The van der Waals surface area contributed by atoms with Gasteiger partial charge in [-0.3, -0.25) is 0 Å². The van der Waals surface area contributed by atoms with Gasteiger partial charge in [0, 0.05) is 0 Å².